The van der Waals surface area contributed by atoms with Crippen molar-refractivity contribution in [2.45, 2.75) is 26.7 Å². The van der Waals surface area contributed by atoms with E-state index in [0.717, 1.165) is 5.69 Å². The van der Waals surface area contributed by atoms with Gasteiger partial charge in [-0.25, -0.2) is 0 Å². The van der Waals surface area contributed by atoms with E-state index >= 15 is 0 Å². The van der Waals surface area contributed by atoms with Crippen LogP contribution in [0, 0.1) is 6.92 Å². The SMILES string of the molecule is C=C/C=C\c1nsc(C(C)C)c1C. The molecule has 0 atom stereocenters. The van der Waals surface area contributed by atoms with Gasteiger partial charge in [0.25, 0.3) is 0 Å². The molecular formula is C11H15NS. The molecule has 0 radical (unpaired) electrons. The number of hydrogen-bond donors (Lipinski definition) is 0. The lowest BCUT2D eigenvalue weighted by atomic mass is 10.1. The van der Waals surface area contributed by atoms with Gasteiger partial charge >= 0.3 is 0 Å². The Bertz CT molecular complexity index is 321. The van der Waals surface area contributed by atoms with Crippen LogP contribution in [0.5, 0.6) is 0 Å². The number of allylic oxidation sites excluding steroid dienone is 2. The van der Waals surface area contributed by atoms with Crippen molar-refractivity contribution in [2.24, 2.45) is 0 Å². The molecule has 1 heterocycles. The second-order valence-corrected chi connectivity index (χ2v) is 4.11. The van der Waals surface area contributed by atoms with E-state index in [1.807, 2.05) is 12.2 Å². The third-order valence-electron chi connectivity index (χ3n) is 1.91. The van der Waals surface area contributed by atoms with Gasteiger partial charge in [0.15, 0.2) is 0 Å². The summed E-state index contributed by atoms with van der Waals surface area (Å²) in [6.07, 6.45) is 5.70. The summed E-state index contributed by atoms with van der Waals surface area (Å²) in [4.78, 5) is 1.38. The molecular weight excluding hydrogens is 178 g/mol. The van der Waals surface area contributed by atoms with Gasteiger partial charge < -0.3 is 0 Å². The van der Waals surface area contributed by atoms with E-state index in [4.69, 9.17) is 0 Å². The van der Waals surface area contributed by atoms with E-state index in [0.29, 0.717) is 5.92 Å². The van der Waals surface area contributed by atoms with Crippen molar-refractivity contribution in [1.82, 2.24) is 4.37 Å². The fraction of sp³-hybridized carbons (Fsp3) is 0.364. The van der Waals surface area contributed by atoms with Crippen molar-refractivity contribution < 1.29 is 0 Å². The third kappa shape index (κ3) is 2.28. The number of nitrogens with zero attached hydrogens (tertiary/aromatic N) is 1. The summed E-state index contributed by atoms with van der Waals surface area (Å²) >= 11 is 1.60. The highest BCUT2D eigenvalue weighted by Crippen LogP contribution is 2.26. The van der Waals surface area contributed by atoms with Crippen molar-refractivity contribution >= 4 is 17.6 Å². The second-order valence-electron chi connectivity index (χ2n) is 3.31. The molecule has 1 nitrogen and oxygen atoms in total. The maximum atomic E-state index is 4.38. The molecule has 0 aromatic carbocycles. The monoisotopic (exact) mass is 193 g/mol. The van der Waals surface area contributed by atoms with Gasteiger partial charge in [0.05, 0.1) is 5.69 Å². The Morgan fingerprint density at radius 1 is 1.46 bits per heavy atom. The van der Waals surface area contributed by atoms with Gasteiger partial charge in [-0.2, -0.15) is 4.37 Å². The number of aromatic nitrogens is 1. The molecule has 0 N–H and O–H groups in total. The minimum absolute atomic E-state index is 0.573. The molecule has 0 aliphatic carbocycles. The largest absolute Gasteiger partial charge is 0.193 e. The van der Waals surface area contributed by atoms with Crippen LogP contribution in [0.4, 0.5) is 0 Å². The van der Waals surface area contributed by atoms with Crippen LogP contribution >= 0.6 is 11.5 Å². The Labute approximate surface area is 84.0 Å². The van der Waals surface area contributed by atoms with Gasteiger partial charge in [-0.3, -0.25) is 0 Å². The van der Waals surface area contributed by atoms with E-state index in [1.165, 1.54) is 10.4 Å². The standard InChI is InChI=1S/C11H15NS/c1-5-6-7-10-9(4)11(8(2)3)13-12-10/h5-8H,1H2,2-4H3/b7-6-. The number of rotatable bonds is 3. The van der Waals surface area contributed by atoms with E-state index in [-0.39, 0.29) is 0 Å². The van der Waals surface area contributed by atoms with Crippen LogP contribution in [0.25, 0.3) is 6.08 Å². The van der Waals surface area contributed by atoms with Crippen LogP contribution in [-0.4, -0.2) is 4.37 Å². The predicted octanol–water partition coefficient (Wildman–Crippen LogP) is 3.77. The molecule has 1 aromatic rings. The summed E-state index contributed by atoms with van der Waals surface area (Å²) in [5, 5.41) is 0. The minimum atomic E-state index is 0.573. The molecule has 0 aliphatic rings. The lowest BCUT2D eigenvalue weighted by molar-refractivity contribution is 0.880. The van der Waals surface area contributed by atoms with Gasteiger partial charge in [0.1, 0.15) is 0 Å². The van der Waals surface area contributed by atoms with Gasteiger partial charge in [0.2, 0.25) is 0 Å². The van der Waals surface area contributed by atoms with Crippen molar-refractivity contribution in [3.8, 4) is 0 Å². The zero-order chi connectivity index (χ0) is 9.84. The summed E-state index contributed by atoms with van der Waals surface area (Å²) < 4.78 is 4.38. The normalized spacial score (nSPS) is 11.4. The first-order valence-corrected chi connectivity index (χ1v) is 5.19. The van der Waals surface area contributed by atoms with Crippen molar-refractivity contribution in [3.63, 3.8) is 0 Å². The van der Waals surface area contributed by atoms with E-state index in [1.54, 1.807) is 17.6 Å². The Kier molecular flexibility index (Phi) is 3.43. The summed E-state index contributed by atoms with van der Waals surface area (Å²) in [6.45, 7) is 10.2. The molecule has 2 heteroatoms. The summed E-state index contributed by atoms with van der Waals surface area (Å²) in [5.41, 5.74) is 2.38. The highest BCUT2D eigenvalue weighted by atomic mass is 32.1. The fourth-order valence-corrected chi connectivity index (χ4v) is 2.06. The molecule has 0 fully saturated rings. The highest BCUT2D eigenvalue weighted by Gasteiger charge is 2.09. The third-order valence-corrected chi connectivity index (χ3v) is 3.17. The molecule has 0 saturated heterocycles. The minimum Gasteiger partial charge on any atom is -0.193 e. The van der Waals surface area contributed by atoms with E-state index in [9.17, 15) is 0 Å². The smallest absolute Gasteiger partial charge is 0.0800 e. The molecule has 0 spiro atoms. The Balaban J connectivity index is 2.99. The molecule has 0 unspecified atom stereocenters. The van der Waals surface area contributed by atoms with Gasteiger partial charge in [-0.1, -0.05) is 32.6 Å². The first-order valence-electron chi connectivity index (χ1n) is 4.42. The molecule has 0 amide bonds. The van der Waals surface area contributed by atoms with Gasteiger partial charge in [-0.05, 0) is 36.0 Å². The van der Waals surface area contributed by atoms with E-state index in [2.05, 4.69) is 31.7 Å². The first kappa shape index (κ1) is 10.2. The Morgan fingerprint density at radius 3 is 2.62 bits per heavy atom. The first-order chi connectivity index (χ1) is 6.16. The molecule has 13 heavy (non-hydrogen) atoms. The topological polar surface area (TPSA) is 12.9 Å². The lowest BCUT2D eigenvalue weighted by Crippen LogP contribution is -1.85. The molecule has 70 valence electrons. The molecule has 1 aromatic heterocycles. The molecule has 1 rings (SSSR count). The van der Waals surface area contributed by atoms with Crippen LogP contribution in [0.3, 0.4) is 0 Å². The molecule has 0 saturated carbocycles. The van der Waals surface area contributed by atoms with Crippen molar-refractivity contribution in [3.05, 3.63) is 34.9 Å². The van der Waals surface area contributed by atoms with Crippen LogP contribution in [-0.2, 0) is 0 Å². The second kappa shape index (κ2) is 4.38. The average molecular weight is 193 g/mol. The number of hydrogen-bond acceptors (Lipinski definition) is 2. The van der Waals surface area contributed by atoms with Crippen molar-refractivity contribution in [1.29, 1.82) is 0 Å². The van der Waals surface area contributed by atoms with Gasteiger partial charge in [-0.15, -0.1) is 0 Å². The van der Waals surface area contributed by atoms with Gasteiger partial charge in [0, 0.05) is 4.88 Å². The zero-order valence-corrected chi connectivity index (χ0v) is 9.19. The van der Waals surface area contributed by atoms with Crippen LogP contribution < -0.4 is 0 Å². The van der Waals surface area contributed by atoms with Crippen LogP contribution in [0.2, 0.25) is 0 Å². The van der Waals surface area contributed by atoms with Crippen LogP contribution in [0.1, 0.15) is 35.9 Å². The highest BCUT2D eigenvalue weighted by molar-refractivity contribution is 7.06. The predicted molar refractivity (Wildman–Crippen MR) is 60.2 cm³/mol. The van der Waals surface area contributed by atoms with Crippen LogP contribution in [0.15, 0.2) is 18.7 Å². The zero-order valence-electron chi connectivity index (χ0n) is 8.37. The maximum absolute atomic E-state index is 4.38. The average Bonchev–Trinajstić information content (AvgIpc) is 2.43. The Hall–Kier alpha value is -0.890. The summed E-state index contributed by atoms with van der Waals surface area (Å²) in [7, 11) is 0. The quantitative estimate of drug-likeness (QED) is 0.666. The maximum Gasteiger partial charge on any atom is 0.0800 e. The summed E-state index contributed by atoms with van der Waals surface area (Å²) in [5.74, 6) is 0.573. The fourth-order valence-electron chi connectivity index (χ4n) is 1.21. The molecule has 0 bridgehead atoms. The molecule has 0 aliphatic heterocycles. The lowest BCUT2D eigenvalue weighted by Gasteiger charge is -2.00. The Morgan fingerprint density at radius 2 is 2.15 bits per heavy atom. The van der Waals surface area contributed by atoms with Crippen molar-refractivity contribution in [2.75, 3.05) is 0 Å². The summed E-state index contributed by atoms with van der Waals surface area (Å²) in [6, 6.07) is 0. The van der Waals surface area contributed by atoms with E-state index < -0.39 is 0 Å².